The summed E-state index contributed by atoms with van der Waals surface area (Å²) in [6.07, 6.45) is 0. The smallest absolute Gasteiger partial charge is 0.387 e. The molecule has 0 unspecified atom stereocenters. The monoisotopic (exact) mass is 360 g/mol. The second-order valence-electron chi connectivity index (χ2n) is 4.31. The molecule has 0 heterocycles. The minimum absolute atomic E-state index is 0.0857. The maximum atomic E-state index is 13.5. The molecule has 0 atom stereocenters. The average Bonchev–Trinajstić information content (AvgIpc) is 2.40. The Balaban J connectivity index is 2.37. The van der Waals surface area contributed by atoms with Crippen LogP contribution in [0.1, 0.15) is 5.56 Å². The van der Waals surface area contributed by atoms with Gasteiger partial charge < -0.3 is 15.8 Å². The predicted molar refractivity (Wildman–Crippen MR) is 79.6 cm³/mol. The molecule has 0 aliphatic carbocycles. The molecular formula is C14H12BrF3N2O. The van der Waals surface area contributed by atoms with Crippen molar-refractivity contribution in [3.8, 4) is 5.75 Å². The molecule has 21 heavy (non-hydrogen) atoms. The molecule has 0 radical (unpaired) electrons. The molecule has 0 spiro atoms. The highest BCUT2D eigenvalue weighted by molar-refractivity contribution is 9.10. The first-order valence-electron chi connectivity index (χ1n) is 5.94. The molecule has 0 aromatic heterocycles. The summed E-state index contributed by atoms with van der Waals surface area (Å²) in [7, 11) is 0. The summed E-state index contributed by atoms with van der Waals surface area (Å²) in [5.41, 5.74) is 7.71. The lowest BCUT2D eigenvalue weighted by molar-refractivity contribution is -0.0521. The highest BCUT2D eigenvalue weighted by Gasteiger charge is 2.14. The fourth-order valence-corrected chi connectivity index (χ4v) is 2.12. The molecule has 2 aromatic rings. The van der Waals surface area contributed by atoms with Crippen molar-refractivity contribution in [3.05, 3.63) is 46.2 Å². The fourth-order valence-electron chi connectivity index (χ4n) is 1.75. The summed E-state index contributed by atoms with van der Waals surface area (Å²) >= 11 is 3.41. The normalized spacial score (nSPS) is 10.8. The summed E-state index contributed by atoms with van der Waals surface area (Å²) in [6, 6.07) is 7.52. The third-order valence-corrected chi connectivity index (χ3v) is 3.83. The van der Waals surface area contributed by atoms with Crippen molar-refractivity contribution in [2.24, 2.45) is 0 Å². The van der Waals surface area contributed by atoms with E-state index in [1.165, 1.54) is 0 Å². The Morgan fingerprint density at radius 3 is 2.62 bits per heavy atom. The quantitative estimate of drug-likeness (QED) is 0.768. The first-order valence-corrected chi connectivity index (χ1v) is 6.73. The number of hydrogen-bond acceptors (Lipinski definition) is 3. The van der Waals surface area contributed by atoms with Gasteiger partial charge in [0.25, 0.3) is 0 Å². The van der Waals surface area contributed by atoms with Crippen LogP contribution >= 0.6 is 15.9 Å². The predicted octanol–water partition coefficient (Wildman–Crippen LogP) is 4.82. The lowest BCUT2D eigenvalue weighted by Crippen LogP contribution is -2.06. The van der Waals surface area contributed by atoms with E-state index in [9.17, 15) is 13.2 Å². The number of nitrogens with two attached hydrogens (primary N) is 1. The molecule has 0 amide bonds. The van der Waals surface area contributed by atoms with Gasteiger partial charge in [0.1, 0.15) is 0 Å². The standard InChI is InChI=1S/C14H12BrF3N2O/c1-7-3-2-4-10(13(7)15)20-11-6-12(21-14(17)18)8(16)5-9(11)19/h2-6,14,20H,19H2,1H3. The molecule has 0 bridgehead atoms. The number of anilines is 3. The third-order valence-electron chi connectivity index (χ3n) is 2.78. The molecule has 7 heteroatoms. The van der Waals surface area contributed by atoms with E-state index in [-0.39, 0.29) is 11.4 Å². The summed E-state index contributed by atoms with van der Waals surface area (Å²) < 4.78 is 42.9. The first-order chi connectivity index (χ1) is 9.88. The van der Waals surface area contributed by atoms with Crippen LogP contribution in [0.15, 0.2) is 34.8 Å². The van der Waals surface area contributed by atoms with Gasteiger partial charge in [0, 0.05) is 16.6 Å². The molecule has 2 rings (SSSR count). The van der Waals surface area contributed by atoms with Crippen LogP contribution in [0.3, 0.4) is 0 Å². The molecule has 3 nitrogen and oxygen atoms in total. The molecule has 0 saturated heterocycles. The van der Waals surface area contributed by atoms with Crippen LogP contribution in [-0.4, -0.2) is 6.61 Å². The number of benzene rings is 2. The second kappa shape index (κ2) is 6.26. The minimum atomic E-state index is -3.11. The van der Waals surface area contributed by atoms with Crippen LogP contribution < -0.4 is 15.8 Å². The van der Waals surface area contributed by atoms with Gasteiger partial charge in [-0.15, -0.1) is 0 Å². The van der Waals surface area contributed by atoms with Gasteiger partial charge in [0.05, 0.1) is 17.1 Å². The van der Waals surface area contributed by atoms with E-state index in [1.54, 1.807) is 6.07 Å². The van der Waals surface area contributed by atoms with Crippen molar-refractivity contribution in [1.29, 1.82) is 0 Å². The summed E-state index contributed by atoms with van der Waals surface area (Å²) in [6.45, 7) is -1.21. The van der Waals surface area contributed by atoms with Gasteiger partial charge in [-0.1, -0.05) is 12.1 Å². The van der Waals surface area contributed by atoms with E-state index in [0.717, 1.165) is 22.2 Å². The summed E-state index contributed by atoms with van der Waals surface area (Å²) in [4.78, 5) is 0. The van der Waals surface area contributed by atoms with Crippen molar-refractivity contribution in [1.82, 2.24) is 0 Å². The molecule has 0 aliphatic rings. The molecule has 112 valence electrons. The number of nitrogens with one attached hydrogen (secondary N) is 1. The van der Waals surface area contributed by atoms with E-state index >= 15 is 0 Å². The number of hydrogen-bond donors (Lipinski definition) is 2. The highest BCUT2D eigenvalue weighted by Crippen LogP contribution is 2.34. The number of alkyl halides is 2. The number of rotatable bonds is 4. The second-order valence-corrected chi connectivity index (χ2v) is 5.10. The van der Waals surface area contributed by atoms with Crippen LogP contribution in [0, 0.1) is 12.7 Å². The summed E-state index contributed by atoms with van der Waals surface area (Å²) in [5, 5.41) is 2.96. The zero-order chi connectivity index (χ0) is 15.6. The molecule has 3 N–H and O–H groups in total. The molecular weight excluding hydrogens is 349 g/mol. The van der Waals surface area contributed by atoms with Gasteiger partial charge in [0.15, 0.2) is 11.6 Å². The maximum absolute atomic E-state index is 13.5. The number of nitrogen functional groups attached to an aromatic ring is 1. The van der Waals surface area contributed by atoms with Crippen LogP contribution in [0.5, 0.6) is 5.75 Å². The Kier molecular flexibility index (Phi) is 4.62. The Bertz CT molecular complexity index is 665. The molecule has 0 saturated carbocycles. The number of aryl methyl sites for hydroxylation is 1. The highest BCUT2D eigenvalue weighted by atomic mass is 79.9. The molecule has 2 aromatic carbocycles. The first kappa shape index (κ1) is 15.5. The van der Waals surface area contributed by atoms with E-state index in [4.69, 9.17) is 5.73 Å². The zero-order valence-corrected chi connectivity index (χ0v) is 12.5. The van der Waals surface area contributed by atoms with Crippen molar-refractivity contribution >= 4 is 33.0 Å². The maximum Gasteiger partial charge on any atom is 0.387 e. The largest absolute Gasteiger partial charge is 0.432 e. The van der Waals surface area contributed by atoms with E-state index in [2.05, 4.69) is 26.0 Å². The van der Waals surface area contributed by atoms with Crippen molar-refractivity contribution in [2.45, 2.75) is 13.5 Å². The van der Waals surface area contributed by atoms with Crippen molar-refractivity contribution in [2.75, 3.05) is 11.1 Å². The van der Waals surface area contributed by atoms with Crippen LogP contribution in [0.2, 0.25) is 0 Å². The average molecular weight is 361 g/mol. The molecule has 0 fully saturated rings. The van der Waals surface area contributed by atoms with E-state index in [0.29, 0.717) is 5.69 Å². The van der Waals surface area contributed by atoms with Crippen molar-refractivity contribution in [3.63, 3.8) is 0 Å². The topological polar surface area (TPSA) is 47.3 Å². The fraction of sp³-hybridized carbons (Fsp3) is 0.143. The van der Waals surface area contributed by atoms with Gasteiger partial charge in [-0.3, -0.25) is 0 Å². The van der Waals surface area contributed by atoms with E-state index in [1.807, 2.05) is 19.1 Å². The van der Waals surface area contributed by atoms with Gasteiger partial charge in [-0.25, -0.2) is 4.39 Å². The van der Waals surface area contributed by atoms with Crippen LogP contribution in [-0.2, 0) is 0 Å². The SMILES string of the molecule is Cc1cccc(Nc2cc(OC(F)F)c(F)cc2N)c1Br. The lowest BCUT2D eigenvalue weighted by Gasteiger charge is -2.14. The summed E-state index contributed by atoms with van der Waals surface area (Å²) in [5.74, 6) is -1.51. The number of halogens is 4. The zero-order valence-electron chi connectivity index (χ0n) is 11.0. The lowest BCUT2D eigenvalue weighted by atomic mass is 10.2. The van der Waals surface area contributed by atoms with Crippen LogP contribution in [0.4, 0.5) is 30.2 Å². The van der Waals surface area contributed by atoms with Gasteiger partial charge in [0.2, 0.25) is 0 Å². The van der Waals surface area contributed by atoms with E-state index < -0.39 is 18.2 Å². The van der Waals surface area contributed by atoms with Gasteiger partial charge in [-0.2, -0.15) is 8.78 Å². The minimum Gasteiger partial charge on any atom is -0.432 e. The van der Waals surface area contributed by atoms with Gasteiger partial charge in [-0.05, 0) is 34.5 Å². The third kappa shape index (κ3) is 3.60. The van der Waals surface area contributed by atoms with Crippen LogP contribution in [0.25, 0.3) is 0 Å². The Hall–Kier alpha value is -1.89. The molecule has 0 aliphatic heterocycles. The van der Waals surface area contributed by atoms with Crippen molar-refractivity contribution < 1.29 is 17.9 Å². The Labute approximate surface area is 128 Å². The Morgan fingerprint density at radius 1 is 1.24 bits per heavy atom. The van der Waals surface area contributed by atoms with Gasteiger partial charge >= 0.3 is 6.61 Å². The Morgan fingerprint density at radius 2 is 1.95 bits per heavy atom. The number of ether oxygens (including phenoxy) is 1.